The number of nitrogens with zero attached hydrogens (tertiary/aromatic N) is 1. The zero-order valence-corrected chi connectivity index (χ0v) is 11.7. The van der Waals surface area contributed by atoms with Gasteiger partial charge in [-0.3, -0.25) is 9.59 Å². The van der Waals surface area contributed by atoms with Crippen molar-refractivity contribution in [2.45, 2.75) is 32.2 Å². The highest BCUT2D eigenvalue weighted by atomic mass is 16.5. The maximum atomic E-state index is 12.0. The highest BCUT2D eigenvalue weighted by molar-refractivity contribution is 5.89. The lowest BCUT2D eigenvalue weighted by Crippen LogP contribution is -2.38. The SMILES string of the molecule is COCCN1CC(C(=O)NC(C)CCCO)CC1=O. The number of likely N-dealkylation sites (tertiary alicyclic amines) is 1. The highest BCUT2D eigenvalue weighted by Crippen LogP contribution is 2.18. The molecule has 0 radical (unpaired) electrons. The van der Waals surface area contributed by atoms with Crippen LogP contribution in [0.1, 0.15) is 26.2 Å². The van der Waals surface area contributed by atoms with Crippen molar-refractivity contribution in [1.82, 2.24) is 10.2 Å². The highest BCUT2D eigenvalue weighted by Gasteiger charge is 2.34. The summed E-state index contributed by atoms with van der Waals surface area (Å²) in [5.41, 5.74) is 0. The monoisotopic (exact) mass is 272 g/mol. The lowest BCUT2D eigenvalue weighted by atomic mass is 10.1. The summed E-state index contributed by atoms with van der Waals surface area (Å²) < 4.78 is 4.94. The van der Waals surface area contributed by atoms with E-state index in [0.29, 0.717) is 26.1 Å². The summed E-state index contributed by atoms with van der Waals surface area (Å²) in [7, 11) is 1.59. The number of methoxy groups -OCH3 is 1. The minimum Gasteiger partial charge on any atom is -0.396 e. The van der Waals surface area contributed by atoms with Crippen LogP contribution in [0.4, 0.5) is 0 Å². The topological polar surface area (TPSA) is 78.9 Å². The first-order chi connectivity index (χ1) is 9.08. The summed E-state index contributed by atoms with van der Waals surface area (Å²) in [6.07, 6.45) is 1.70. The van der Waals surface area contributed by atoms with Crippen LogP contribution in [-0.4, -0.2) is 61.3 Å². The molecule has 2 unspecified atom stereocenters. The van der Waals surface area contributed by atoms with Gasteiger partial charge in [-0.15, -0.1) is 0 Å². The molecule has 1 fully saturated rings. The number of ether oxygens (including phenoxy) is 1. The molecule has 0 aromatic heterocycles. The van der Waals surface area contributed by atoms with Crippen molar-refractivity contribution in [3.05, 3.63) is 0 Å². The zero-order valence-electron chi connectivity index (χ0n) is 11.7. The summed E-state index contributed by atoms with van der Waals surface area (Å²) >= 11 is 0. The number of hydrogen-bond donors (Lipinski definition) is 2. The van der Waals surface area contributed by atoms with E-state index >= 15 is 0 Å². The fourth-order valence-electron chi connectivity index (χ4n) is 2.20. The van der Waals surface area contributed by atoms with Crippen LogP contribution in [-0.2, 0) is 14.3 Å². The average molecular weight is 272 g/mol. The van der Waals surface area contributed by atoms with Gasteiger partial charge in [0, 0.05) is 39.3 Å². The number of amides is 2. The molecular weight excluding hydrogens is 248 g/mol. The number of nitrogens with one attached hydrogen (secondary N) is 1. The van der Waals surface area contributed by atoms with E-state index in [9.17, 15) is 9.59 Å². The van der Waals surface area contributed by atoms with Crippen LogP contribution in [0.3, 0.4) is 0 Å². The van der Waals surface area contributed by atoms with Gasteiger partial charge in [0.1, 0.15) is 0 Å². The molecule has 0 aromatic carbocycles. The Balaban J connectivity index is 2.36. The molecule has 0 aliphatic carbocycles. The van der Waals surface area contributed by atoms with Crippen molar-refractivity contribution in [3.8, 4) is 0 Å². The van der Waals surface area contributed by atoms with E-state index in [4.69, 9.17) is 9.84 Å². The standard InChI is InChI=1S/C13H24N2O4/c1-10(4-3-6-16)14-13(18)11-8-12(17)15(9-11)5-7-19-2/h10-11,16H,3-9H2,1-2H3,(H,14,18). The second-order valence-electron chi connectivity index (χ2n) is 5.01. The smallest absolute Gasteiger partial charge is 0.225 e. The van der Waals surface area contributed by atoms with E-state index in [-0.39, 0.29) is 36.8 Å². The van der Waals surface area contributed by atoms with Crippen molar-refractivity contribution in [1.29, 1.82) is 0 Å². The summed E-state index contributed by atoms with van der Waals surface area (Å²) in [4.78, 5) is 25.4. The fraction of sp³-hybridized carbons (Fsp3) is 0.846. The Morgan fingerprint density at radius 2 is 2.37 bits per heavy atom. The third-order valence-corrected chi connectivity index (χ3v) is 3.33. The van der Waals surface area contributed by atoms with Crippen LogP contribution in [0.2, 0.25) is 0 Å². The number of aliphatic hydroxyl groups is 1. The zero-order chi connectivity index (χ0) is 14.3. The Kier molecular flexibility index (Phi) is 6.80. The molecule has 19 heavy (non-hydrogen) atoms. The second kappa shape index (κ2) is 8.12. The van der Waals surface area contributed by atoms with Crippen LogP contribution < -0.4 is 5.32 Å². The minimum atomic E-state index is -0.263. The number of carbonyl (C=O) groups is 2. The Labute approximate surface area is 114 Å². The summed E-state index contributed by atoms with van der Waals surface area (Å²) in [6, 6.07) is 0.0303. The molecule has 1 aliphatic rings. The first-order valence-corrected chi connectivity index (χ1v) is 6.76. The van der Waals surface area contributed by atoms with Crippen LogP contribution in [0.5, 0.6) is 0 Å². The molecule has 1 saturated heterocycles. The molecule has 1 aliphatic heterocycles. The van der Waals surface area contributed by atoms with Gasteiger partial charge in [0.2, 0.25) is 11.8 Å². The van der Waals surface area contributed by atoms with Gasteiger partial charge in [-0.2, -0.15) is 0 Å². The predicted molar refractivity (Wildman–Crippen MR) is 70.5 cm³/mol. The third kappa shape index (κ3) is 5.16. The molecular formula is C13H24N2O4. The predicted octanol–water partition coefficient (Wildman–Crippen LogP) is -0.241. The lowest BCUT2D eigenvalue weighted by molar-refractivity contribution is -0.129. The molecule has 0 saturated carbocycles. The van der Waals surface area contributed by atoms with Crippen molar-refractivity contribution in [2.24, 2.45) is 5.92 Å². The minimum absolute atomic E-state index is 0.0141. The van der Waals surface area contributed by atoms with Gasteiger partial charge in [-0.05, 0) is 19.8 Å². The molecule has 2 N–H and O–H groups in total. The van der Waals surface area contributed by atoms with Gasteiger partial charge >= 0.3 is 0 Å². The summed E-state index contributed by atoms with van der Waals surface area (Å²) in [5, 5.41) is 11.6. The molecule has 0 spiro atoms. The van der Waals surface area contributed by atoms with Crippen LogP contribution in [0.15, 0.2) is 0 Å². The lowest BCUT2D eigenvalue weighted by Gasteiger charge is -2.18. The van der Waals surface area contributed by atoms with Gasteiger partial charge in [0.05, 0.1) is 12.5 Å². The number of rotatable bonds is 8. The van der Waals surface area contributed by atoms with E-state index in [1.54, 1.807) is 12.0 Å². The fourth-order valence-corrected chi connectivity index (χ4v) is 2.20. The first-order valence-electron chi connectivity index (χ1n) is 6.76. The first kappa shape index (κ1) is 15.9. The molecule has 2 atom stereocenters. The van der Waals surface area contributed by atoms with E-state index < -0.39 is 0 Å². The summed E-state index contributed by atoms with van der Waals surface area (Å²) in [5.74, 6) is -0.320. The normalized spacial score (nSPS) is 20.7. The molecule has 1 rings (SSSR count). The van der Waals surface area contributed by atoms with Crippen molar-refractivity contribution in [2.75, 3.05) is 33.4 Å². The molecule has 1 heterocycles. The number of hydrogen-bond acceptors (Lipinski definition) is 4. The molecule has 0 aromatic rings. The average Bonchev–Trinajstić information content (AvgIpc) is 2.75. The Morgan fingerprint density at radius 1 is 1.63 bits per heavy atom. The maximum absolute atomic E-state index is 12.0. The molecule has 110 valence electrons. The Bertz CT molecular complexity index is 309. The molecule has 6 heteroatoms. The van der Waals surface area contributed by atoms with Crippen molar-refractivity contribution < 1.29 is 19.4 Å². The number of aliphatic hydroxyl groups excluding tert-OH is 1. The van der Waals surface area contributed by atoms with Gasteiger partial charge in [0.15, 0.2) is 0 Å². The van der Waals surface area contributed by atoms with E-state index in [1.807, 2.05) is 6.92 Å². The van der Waals surface area contributed by atoms with E-state index in [2.05, 4.69) is 5.32 Å². The number of carbonyl (C=O) groups excluding carboxylic acids is 2. The van der Waals surface area contributed by atoms with Crippen molar-refractivity contribution in [3.63, 3.8) is 0 Å². The quantitative estimate of drug-likeness (QED) is 0.639. The van der Waals surface area contributed by atoms with E-state index in [0.717, 1.165) is 6.42 Å². The van der Waals surface area contributed by atoms with Gasteiger partial charge in [-0.25, -0.2) is 0 Å². The van der Waals surface area contributed by atoms with Gasteiger partial charge < -0.3 is 20.1 Å². The molecule has 2 amide bonds. The summed E-state index contributed by atoms with van der Waals surface area (Å²) in [6.45, 7) is 3.55. The van der Waals surface area contributed by atoms with E-state index in [1.165, 1.54) is 0 Å². The largest absolute Gasteiger partial charge is 0.396 e. The van der Waals surface area contributed by atoms with Crippen LogP contribution in [0, 0.1) is 5.92 Å². The molecule has 0 bridgehead atoms. The Morgan fingerprint density at radius 3 is 3.00 bits per heavy atom. The van der Waals surface area contributed by atoms with Crippen LogP contribution in [0.25, 0.3) is 0 Å². The Hall–Kier alpha value is -1.14. The molecule has 6 nitrogen and oxygen atoms in total. The van der Waals surface area contributed by atoms with Crippen LogP contribution >= 0.6 is 0 Å². The third-order valence-electron chi connectivity index (χ3n) is 3.33. The van der Waals surface area contributed by atoms with Gasteiger partial charge in [0.25, 0.3) is 0 Å². The second-order valence-corrected chi connectivity index (χ2v) is 5.01. The maximum Gasteiger partial charge on any atom is 0.225 e. The van der Waals surface area contributed by atoms with Crippen molar-refractivity contribution >= 4 is 11.8 Å². The van der Waals surface area contributed by atoms with Gasteiger partial charge in [-0.1, -0.05) is 0 Å².